The molecule has 7 heteroatoms. The maximum atomic E-state index is 12.5. The van der Waals surface area contributed by atoms with Gasteiger partial charge in [0.25, 0.3) is 0 Å². The number of halogens is 3. The second kappa shape index (κ2) is 6.02. The summed E-state index contributed by atoms with van der Waals surface area (Å²) in [6.45, 7) is 2.25. The minimum Gasteiger partial charge on any atom is -0.398 e. The number of nitrogen functional groups attached to an aromatic ring is 1. The number of ether oxygens (including phenoxy) is 1. The number of alkyl halides is 3. The lowest BCUT2D eigenvalue weighted by atomic mass is 10.2. The Bertz CT molecular complexity index is 433. The van der Waals surface area contributed by atoms with Crippen LogP contribution < -0.4 is 11.1 Å². The molecule has 106 valence electrons. The zero-order chi connectivity index (χ0) is 13.9. The molecule has 0 saturated carbocycles. The van der Waals surface area contributed by atoms with Gasteiger partial charge >= 0.3 is 6.18 Å². The number of hydrogen-bond donors (Lipinski definition) is 2. The van der Waals surface area contributed by atoms with Crippen molar-refractivity contribution < 1.29 is 17.9 Å². The van der Waals surface area contributed by atoms with E-state index >= 15 is 0 Å². The number of benzene rings is 1. The molecule has 0 aliphatic carbocycles. The summed E-state index contributed by atoms with van der Waals surface area (Å²) in [5, 5.41) is 3.20. The van der Waals surface area contributed by atoms with Crippen molar-refractivity contribution in [3.8, 4) is 0 Å². The van der Waals surface area contributed by atoms with Crippen LogP contribution in [0.25, 0.3) is 0 Å². The quantitative estimate of drug-likeness (QED) is 0.663. The first-order valence-corrected chi connectivity index (χ1v) is 6.87. The minimum atomic E-state index is -4.35. The number of nitrogens with one attached hydrogen (secondary N) is 1. The van der Waals surface area contributed by atoms with E-state index in [0.29, 0.717) is 17.3 Å². The Kier molecular flexibility index (Phi) is 4.59. The standard InChI is InChI=1S/C12H15F3N2OS/c13-12(14,15)8-1-2-11(10(16)5-8)19-7-9-6-17-3-4-18-9/h1-2,5,9,17H,3-4,6-7,16H2. The van der Waals surface area contributed by atoms with Crippen LogP contribution in [0.3, 0.4) is 0 Å². The van der Waals surface area contributed by atoms with Gasteiger partial charge in [-0.1, -0.05) is 0 Å². The first-order chi connectivity index (χ1) is 8.97. The third-order valence-corrected chi connectivity index (χ3v) is 3.99. The molecule has 19 heavy (non-hydrogen) atoms. The number of nitrogens with two attached hydrogens (primary N) is 1. The summed E-state index contributed by atoms with van der Waals surface area (Å²) in [4.78, 5) is 0.655. The Hall–Kier alpha value is -0.920. The van der Waals surface area contributed by atoms with E-state index in [0.717, 1.165) is 25.2 Å². The Morgan fingerprint density at radius 2 is 2.21 bits per heavy atom. The molecule has 1 fully saturated rings. The summed E-state index contributed by atoms with van der Waals surface area (Å²) in [7, 11) is 0. The molecule has 0 spiro atoms. The molecule has 0 aromatic heterocycles. The van der Waals surface area contributed by atoms with E-state index in [4.69, 9.17) is 10.5 Å². The van der Waals surface area contributed by atoms with Crippen molar-refractivity contribution in [1.29, 1.82) is 0 Å². The zero-order valence-electron chi connectivity index (χ0n) is 10.2. The highest BCUT2D eigenvalue weighted by Gasteiger charge is 2.30. The lowest BCUT2D eigenvalue weighted by Gasteiger charge is -2.23. The minimum absolute atomic E-state index is 0.0699. The Balaban J connectivity index is 1.97. The first kappa shape index (κ1) is 14.5. The van der Waals surface area contributed by atoms with Crippen molar-refractivity contribution in [1.82, 2.24) is 5.32 Å². The number of rotatable bonds is 3. The van der Waals surface area contributed by atoms with Gasteiger partial charge in [0.1, 0.15) is 0 Å². The molecular formula is C12H15F3N2OS. The van der Waals surface area contributed by atoms with E-state index in [9.17, 15) is 13.2 Å². The van der Waals surface area contributed by atoms with E-state index in [-0.39, 0.29) is 11.8 Å². The van der Waals surface area contributed by atoms with Gasteiger partial charge in [-0.15, -0.1) is 11.8 Å². The number of anilines is 1. The van der Waals surface area contributed by atoms with Crippen molar-refractivity contribution in [2.45, 2.75) is 17.2 Å². The number of thioether (sulfide) groups is 1. The molecule has 1 aromatic carbocycles. The van der Waals surface area contributed by atoms with Crippen LogP contribution in [-0.4, -0.2) is 31.6 Å². The summed E-state index contributed by atoms with van der Waals surface area (Å²) in [6.07, 6.45) is -4.28. The average molecular weight is 292 g/mol. The fraction of sp³-hybridized carbons (Fsp3) is 0.500. The zero-order valence-corrected chi connectivity index (χ0v) is 11.0. The average Bonchev–Trinajstić information content (AvgIpc) is 2.37. The first-order valence-electron chi connectivity index (χ1n) is 5.88. The van der Waals surface area contributed by atoms with E-state index in [1.54, 1.807) is 0 Å². The van der Waals surface area contributed by atoms with Crippen LogP contribution in [0.15, 0.2) is 23.1 Å². The van der Waals surface area contributed by atoms with Gasteiger partial charge in [0.2, 0.25) is 0 Å². The van der Waals surface area contributed by atoms with Crippen LogP contribution >= 0.6 is 11.8 Å². The maximum absolute atomic E-state index is 12.5. The predicted molar refractivity (Wildman–Crippen MR) is 69.2 cm³/mol. The van der Waals surface area contributed by atoms with Gasteiger partial charge in [0.15, 0.2) is 0 Å². The highest BCUT2D eigenvalue weighted by atomic mass is 32.2. The molecule has 2 rings (SSSR count). The van der Waals surface area contributed by atoms with Crippen molar-refractivity contribution in [3.63, 3.8) is 0 Å². The third-order valence-electron chi connectivity index (χ3n) is 2.77. The Labute approximate surface area is 113 Å². The lowest BCUT2D eigenvalue weighted by Crippen LogP contribution is -2.39. The summed E-state index contributed by atoms with van der Waals surface area (Å²) < 4.78 is 43.0. The van der Waals surface area contributed by atoms with Gasteiger partial charge in [-0.3, -0.25) is 0 Å². The van der Waals surface area contributed by atoms with Crippen LogP contribution in [0.1, 0.15) is 5.56 Å². The van der Waals surface area contributed by atoms with Crippen LogP contribution in [-0.2, 0) is 10.9 Å². The highest BCUT2D eigenvalue weighted by Crippen LogP contribution is 2.34. The molecule has 1 aliphatic heterocycles. The molecule has 1 aliphatic rings. The summed E-state index contributed by atoms with van der Waals surface area (Å²) >= 11 is 1.42. The van der Waals surface area contributed by atoms with Gasteiger partial charge in [-0.05, 0) is 18.2 Å². The largest absolute Gasteiger partial charge is 0.416 e. The van der Waals surface area contributed by atoms with Crippen molar-refractivity contribution in [3.05, 3.63) is 23.8 Å². The summed E-state index contributed by atoms with van der Waals surface area (Å²) in [5.41, 5.74) is 5.09. The molecule has 1 atom stereocenters. The molecule has 1 saturated heterocycles. The van der Waals surface area contributed by atoms with Gasteiger partial charge in [-0.2, -0.15) is 13.2 Å². The van der Waals surface area contributed by atoms with E-state index in [1.165, 1.54) is 17.8 Å². The molecule has 0 radical (unpaired) electrons. The third kappa shape index (κ3) is 4.02. The molecule has 3 nitrogen and oxygen atoms in total. The second-order valence-electron chi connectivity index (χ2n) is 4.26. The van der Waals surface area contributed by atoms with Crippen molar-refractivity contribution in [2.75, 3.05) is 31.2 Å². The number of hydrogen-bond acceptors (Lipinski definition) is 4. The normalized spacial score (nSPS) is 20.5. The molecule has 1 aromatic rings. The highest BCUT2D eigenvalue weighted by molar-refractivity contribution is 7.99. The van der Waals surface area contributed by atoms with Gasteiger partial charge < -0.3 is 15.8 Å². The Morgan fingerprint density at radius 3 is 2.79 bits per heavy atom. The second-order valence-corrected chi connectivity index (χ2v) is 5.32. The Morgan fingerprint density at radius 1 is 1.42 bits per heavy atom. The fourth-order valence-corrected chi connectivity index (χ4v) is 2.74. The topological polar surface area (TPSA) is 47.3 Å². The van der Waals surface area contributed by atoms with Crippen LogP contribution in [0, 0.1) is 0 Å². The van der Waals surface area contributed by atoms with Crippen LogP contribution in [0.5, 0.6) is 0 Å². The lowest BCUT2D eigenvalue weighted by molar-refractivity contribution is -0.137. The van der Waals surface area contributed by atoms with E-state index in [2.05, 4.69) is 5.32 Å². The predicted octanol–water partition coefficient (Wildman–Crippen LogP) is 2.37. The molecule has 1 heterocycles. The fourth-order valence-electron chi connectivity index (χ4n) is 1.77. The van der Waals surface area contributed by atoms with Gasteiger partial charge in [0, 0.05) is 29.4 Å². The molecule has 0 bridgehead atoms. The van der Waals surface area contributed by atoms with Gasteiger partial charge in [-0.25, -0.2) is 0 Å². The number of morpholine rings is 1. The summed E-state index contributed by atoms with van der Waals surface area (Å²) in [5.74, 6) is 0.669. The van der Waals surface area contributed by atoms with E-state index in [1.807, 2.05) is 0 Å². The van der Waals surface area contributed by atoms with Crippen LogP contribution in [0.2, 0.25) is 0 Å². The van der Waals surface area contributed by atoms with Crippen LogP contribution in [0.4, 0.5) is 18.9 Å². The van der Waals surface area contributed by atoms with Gasteiger partial charge in [0.05, 0.1) is 18.3 Å². The van der Waals surface area contributed by atoms with E-state index < -0.39 is 11.7 Å². The van der Waals surface area contributed by atoms with Crippen molar-refractivity contribution in [2.24, 2.45) is 0 Å². The maximum Gasteiger partial charge on any atom is 0.416 e. The molecule has 3 N–H and O–H groups in total. The smallest absolute Gasteiger partial charge is 0.398 e. The summed E-state index contributed by atoms with van der Waals surface area (Å²) in [6, 6.07) is 3.44. The SMILES string of the molecule is Nc1cc(C(F)(F)F)ccc1SCC1CNCCO1. The molecule has 0 amide bonds. The van der Waals surface area contributed by atoms with Crippen molar-refractivity contribution >= 4 is 17.4 Å². The monoisotopic (exact) mass is 292 g/mol. The molecular weight excluding hydrogens is 277 g/mol. The molecule has 1 unspecified atom stereocenters.